The summed E-state index contributed by atoms with van der Waals surface area (Å²) < 4.78 is 0. The third-order valence-electron chi connectivity index (χ3n) is 3.31. The summed E-state index contributed by atoms with van der Waals surface area (Å²) in [6.07, 6.45) is 0. The lowest BCUT2D eigenvalue weighted by Crippen LogP contribution is -2.41. The Hall–Kier alpha value is -1.84. The van der Waals surface area contributed by atoms with Crippen LogP contribution in [0.15, 0.2) is 12.1 Å². The molecular formula is C17H26N2O2. The first kappa shape index (κ1) is 17.2. The van der Waals surface area contributed by atoms with Gasteiger partial charge in [0.25, 0.3) is 0 Å². The zero-order chi connectivity index (χ0) is 16.4. The van der Waals surface area contributed by atoms with Gasteiger partial charge in [-0.1, -0.05) is 38.5 Å². The van der Waals surface area contributed by atoms with Crippen LogP contribution in [0.3, 0.4) is 0 Å². The highest BCUT2D eigenvalue weighted by Crippen LogP contribution is 2.22. The average molecular weight is 290 g/mol. The zero-order valence-corrected chi connectivity index (χ0v) is 14.1. The largest absolute Gasteiger partial charge is 0.336 e. The van der Waals surface area contributed by atoms with Gasteiger partial charge in [0.2, 0.25) is 11.8 Å². The Morgan fingerprint density at radius 3 is 2.00 bits per heavy atom. The molecule has 0 aliphatic carbocycles. The maximum absolute atomic E-state index is 12.1. The number of carbonyl (C=O) groups excluding carboxylic acids is 2. The van der Waals surface area contributed by atoms with E-state index in [1.165, 1.54) is 10.5 Å². The Labute approximate surface area is 127 Å². The molecule has 0 atom stereocenters. The number of anilines is 1. The van der Waals surface area contributed by atoms with E-state index in [-0.39, 0.29) is 18.4 Å². The standard InChI is InChI=1S/C17H26N2O2/c1-11-8-12(2)15(13(3)9-11)18-14(20)10-19(7)16(21)17(4,5)6/h8-9H,10H2,1-7H3,(H,18,20). The summed E-state index contributed by atoms with van der Waals surface area (Å²) in [4.78, 5) is 25.7. The fourth-order valence-corrected chi connectivity index (χ4v) is 2.42. The number of nitrogens with one attached hydrogen (secondary N) is 1. The molecule has 116 valence electrons. The van der Waals surface area contributed by atoms with Gasteiger partial charge in [-0.3, -0.25) is 9.59 Å². The van der Waals surface area contributed by atoms with Crippen LogP contribution in [0.4, 0.5) is 5.69 Å². The van der Waals surface area contributed by atoms with E-state index >= 15 is 0 Å². The Bertz CT molecular complexity index is 533. The first-order valence-corrected chi connectivity index (χ1v) is 7.15. The van der Waals surface area contributed by atoms with Crippen molar-refractivity contribution in [3.8, 4) is 0 Å². The molecule has 21 heavy (non-hydrogen) atoms. The summed E-state index contributed by atoms with van der Waals surface area (Å²) in [5, 5.41) is 2.91. The third kappa shape index (κ3) is 4.59. The van der Waals surface area contributed by atoms with Gasteiger partial charge in [-0.25, -0.2) is 0 Å². The van der Waals surface area contributed by atoms with E-state index in [4.69, 9.17) is 0 Å². The SMILES string of the molecule is Cc1cc(C)c(NC(=O)CN(C)C(=O)C(C)(C)C)c(C)c1. The van der Waals surface area contributed by atoms with Crippen LogP contribution in [-0.2, 0) is 9.59 Å². The molecule has 0 bridgehead atoms. The number of rotatable bonds is 3. The minimum atomic E-state index is -0.481. The van der Waals surface area contributed by atoms with Crippen LogP contribution in [0.5, 0.6) is 0 Å². The van der Waals surface area contributed by atoms with Gasteiger partial charge < -0.3 is 10.2 Å². The van der Waals surface area contributed by atoms with Crippen LogP contribution in [0, 0.1) is 26.2 Å². The summed E-state index contributed by atoms with van der Waals surface area (Å²) >= 11 is 0. The number of nitrogens with zero attached hydrogens (tertiary/aromatic N) is 1. The predicted octanol–water partition coefficient (Wildman–Crippen LogP) is 3.05. The number of amides is 2. The zero-order valence-electron chi connectivity index (χ0n) is 14.1. The highest BCUT2D eigenvalue weighted by molar-refractivity contribution is 5.96. The van der Waals surface area contributed by atoms with Crippen molar-refractivity contribution in [3.05, 3.63) is 28.8 Å². The number of aryl methyl sites for hydroxylation is 3. The quantitative estimate of drug-likeness (QED) is 0.930. The van der Waals surface area contributed by atoms with E-state index < -0.39 is 5.41 Å². The fraction of sp³-hybridized carbons (Fsp3) is 0.529. The van der Waals surface area contributed by atoms with E-state index in [9.17, 15) is 9.59 Å². The van der Waals surface area contributed by atoms with E-state index in [2.05, 4.69) is 5.32 Å². The van der Waals surface area contributed by atoms with Gasteiger partial charge >= 0.3 is 0 Å². The lowest BCUT2D eigenvalue weighted by atomic mass is 9.95. The molecule has 0 saturated heterocycles. The second-order valence-electron chi connectivity index (χ2n) is 6.73. The Morgan fingerprint density at radius 1 is 1.10 bits per heavy atom. The molecule has 4 heteroatoms. The van der Waals surface area contributed by atoms with E-state index in [1.54, 1.807) is 7.05 Å². The van der Waals surface area contributed by atoms with Crippen molar-refractivity contribution in [2.24, 2.45) is 5.41 Å². The molecule has 0 aliphatic heterocycles. The van der Waals surface area contributed by atoms with Crippen LogP contribution in [0.25, 0.3) is 0 Å². The highest BCUT2D eigenvalue weighted by Gasteiger charge is 2.26. The Morgan fingerprint density at radius 2 is 1.57 bits per heavy atom. The predicted molar refractivity (Wildman–Crippen MR) is 86.4 cm³/mol. The van der Waals surface area contributed by atoms with Crippen LogP contribution in [-0.4, -0.2) is 30.3 Å². The van der Waals surface area contributed by atoms with Gasteiger partial charge in [0.05, 0.1) is 6.54 Å². The number of hydrogen-bond donors (Lipinski definition) is 1. The molecule has 0 radical (unpaired) electrons. The van der Waals surface area contributed by atoms with E-state index in [1.807, 2.05) is 53.7 Å². The Balaban J connectivity index is 2.78. The van der Waals surface area contributed by atoms with Crippen molar-refractivity contribution < 1.29 is 9.59 Å². The van der Waals surface area contributed by atoms with Crippen molar-refractivity contribution >= 4 is 17.5 Å². The van der Waals surface area contributed by atoms with Crippen LogP contribution in [0.2, 0.25) is 0 Å². The molecule has 0 aromatic heterocycles. The summed E-state index contributed by atoms with van der Waals surface area (Å²) in [5.74, 6) is -0.222. The van der Waals surface area contributed by atoms with Gasteiger partial charge in [-0.2, -0.15) is 0 Å². The van der Waals surface area contributed by atoms with E-state index in [0.29, 0.717) is 0 Å². The lowest BCUT2D eigenvalue weighted by Gasteiger charge is -2.25. The second kappa shape index (κ2) is 6.29. The van der Waals surface area contributed by atoms with Gasteiger partial charge in [-0.15, -0.1) is 0 Å². The molecule has 2 amide bonds. The summed E-state index contributed by atoms with van der Waals surface area (Å²) in [5.41, 5.74) is 3.59. The minimum Gasteiger partial charge on any atom is -0.336 e. The van der Waals surface area contributed by atoms with Gasteiger partial charge in [0, 0.05) is 18.2 Å². The van der Waals surface area contributed by atoms with Gasteiger partial charge in [-0.05, 0) is 31.9 Å². The van der Waals surface area contributed by atoms with Crippen LogP contribution >= 0.6 is 0 Å². The first-order chi connectivity index (χ1) is 9.52. The molecule has 0 fully saturated rings. The molecule has 0 spiro atoms. The van der Waals surface area contributed by atoms with Crippen molar-refractivity contribution in [3.63, 3.8) is 0 Å². The topological polar surface area (TPSA) is 49.4 Å². The third-order valence-corrected chi connectivity index (χ3v) is 3.31. The smallest absolute Gasteiger partial charge is 0.243 e. The average Bonchev–Trinajstić information content (AvgIpc) is 2.31. The van der Waals surface area contributed by atoms with Crippen LogP contribution in [0.1, 0.15) is 37.5 Å². The first-order valence-electron chi connectivity index (χ1n) is 7.15. The fourth-order valence-electron chi connectivity index (χ4n) is 2.42. The molecular weight excluding hydrogens is 264 g/mol. The molecule has 1 N–H and O–H groups in total. The number of carbonyl (C=O) groups is 2. The molecule has 0 aliphatic rings. The highest BCUT2D eigenvalue weighted by atomic mass is 16.2. The molecule has 1 rings (SSSR count). The van der Waals surface area contributed by atoms with Crippen molar-refractivity contribution in [2.45, 2.75) is 41.5 Å². The number of benzene rings is 1. The normalized spacial score (nSPS) is 11.2. The molecule has 1 aromatic carbocycles. The van der Waals surface area contributed by atoms with Gasteiger partial charge in [0.1, 0.15) is 0 Å². The summed E-state index contributed by atoms with van der Waals surface area (Å²) in [7, 11) is 1.65. The summed E-state index contributed by atoms with van der Waals surface area (Å²) in [6.45, 7) is 11.6. The lowest BCUT2D eigenvalue weighted by molar-refractivity contribution is -0.140. The maximum atomic E-state index is 12.1. The van der Waals surface area contributed by atoms with Crippen molar-refractivity contribution in [1.82, 2.24) is 4.90 Å². The monoisotopic (exact) mass is 290 g/mol. The number of likely N-dealkylation sites (N-methyl/N-ethyl adjacent to an activating group) is 1. The second-order valence-corrected chi connectivity index (χ2v) is 6.73. The number of hydrogen-bond acceptors (Lipinski definition) is 2. The van der Waals surface area contributed by atoms with Crippen molar-refractivity contribution in [1.29, 1.82) is 0 Å². The minimum absolute atomic E-state index is 0.0463. The maximum Gasteiger partial charge on any atom is 0.243 e. The summed E-state index contributed by atoms with van der Waals surface area (Å²) in [6, 6.07) is 4.07. The molecule has 4 nitrogen and oxygen atoms in total. The van der Waals surface area contributed by atoms with Crippen LogP contribution < -0.4 is 5.32 Å². The molecule has 0 unspecified atom stereocenters. The molecule has 0 saturated carbocycles. The Kier molecular flexibility index (Phi) is 5.15. The van der Waals surface area contributed by atoms with E-state index in [0.717, 1.165) is 16.8 Å². The van der Waals surface area contributed by atoms with Gasteiger partial charge in [0.15, 0.2) is 0 Å². The molecule has 1 aromatic rings. The molecule has 0 heterocycles. The van der Waals surface area contributed by atoms with Crippen molar-refractivity contribution in [2.75, 3.05) is 18.9 Å².